The summed E-state index contributed by atoms with van der Waals surface area (Å²) in [6.07, 6.45) is 0.857. The van der Waals surface area contributed by atoms with Crippen LogP contribution in [-0.2, 0) is 9.84 Å². The van der Waals surface area contributed by atoms with Gasteiger partial charge in [0.05, 0.1) is 0 Å². The molecule has 0 bridgehead atoms. The molecular weight excluding hydrogens is 257 g/mol. The highest BCUT2D eigenvalue weighted by molar-refractivity contribution is 7.90. The largest absolute Gasteiger partial charge is 0.366 e. The van der Waals surface area contributed by atoms with Crippen molar-refractivity contribution in [2.75, 3.05) is 6.26 Å². The minimum Gasteiger partial charge on any atom is -0.366 e. The summed E-state index contributed by atoms with van der Waals surface area (Å²) < 4.78 is 35.1. The maximum atomic E-state index is 13.0. The fourth-order valence-electron chi connectivity index (χ4n) is 0.941. The molecule has 0 heterocycles. The topological polar surface area (TPSA) is 77.2 Å². The third kappa shape index (κ3) is 5.77. The molecule has 0 atom stereocenters. The lowest BCUT2D eigenvalue weighted by Gasteiger charge is -2.01. The number of carbonyl (C=O) groups is 1. The molecule has 0 aliphatic rings. The molecule has 18 heavy (non-hydrogen) atoms. The number of benzene rings is 1. The molecule has 0 saturated carbocycles. The van der Waals surface area contributed by atoms with Crippen molar-refractivity contribution in [2.24, 2.45) is 5.73 Å². The zero-order valence-corrected chi connectivity index (χ0v) is 12.1. The van der Waals surface area contributed by atoms with Gasteiger partial charge in [-0.25, -0.2) is 12.8 Å². The van der Waals surface area contributed by atoms with Gasteiger partial charge in [0.15, 0.2) is 9.84 Å². The molecule has 1 rings (SSSR count). The zero-order valence-electron chi connectivity index (χ0n) is 11.3. The quantitative estimate of drug-likeness (QED) is 0.901. The highest BCUT2D eigenvalue weighted by atomic mass is 32.2. The molecule has 0 radical (unpaired) electrons. The van der Waals surface area contributed by atoms with E-state index < -0.39 is 26.5 Å². The van der Waals surface area contributed by atoms with E-state index >= 15 is 0 Å². The zero-order chi connectivity index (χ0) is 14.9. The molecule has 104 valence electrons. The standard InChI is InChI=1S/C8H8FNO3S.2C2H6/c1-14(12,13)7-4-5(8(10)11)2-3-6(7)9;2*1-2/h2-4H,1H3,(H2,10,11);2*1-2H3. The number of carbonyl (C=O) groups excluding carboxylic acids is 1. The number of amides is 1. The molecule has 0 spiro atoms. The third-order valence-corrected chi connectivity index (χ3v) is 2.73. The third-order valence-electron chi connectivity index (χ3n) is 1.62. The summed E-state index contributed by atoms with van der Waals surface area (Å²) in [6.45, 7) is 8.00. The molecular formula is C12H20FNO3S. The van der Waals surface area contributed by atoms with Gasteiger partial charge in [-0.3, -0.25) is 4.79 Å². The lowest BCUT2D eigenvalue weighted by molar-refractivity contribution is 0.1000. The molecule has 1 amide bonds. The Labute approximate surface area is 108 Å². The number of hydrogen-bond acceptors (Lipinski definition) is 3. The van der Waals surface area contributed by atoms with Crippen LogP contribution in [0.2, 0.25) is 0 Å². The van der Waals surface area contributed by atoms with E-state index in [2.05, 4.69) is 0 Å². The van der Waals surface area contributed by atoms with Crippen molar-refractivity contribution in [3.05, 3.63) is 29.6 Å². The summed E-state index contributed by atoms with van der Waals surface area (Å²) in [5, 5.41) is 0. The van der Waals surface area contributed by atoms with Crippen LogP contribution < -0.4 is 5.73 Å². The van der Waals surface area contributed by atoms with Gasteiger partial charge in [0.1, 0.15) is 10.7 Å². The van der Waals surface area contributed by atoms with Gasteiger partial charge in [0, 0.05) is 11.8 Å². The van der Waals surface area contributed by atoms with Crippen LogP contribution >= 0.6 is 0 Å². The SMILES string of the molecule is CC.CC.CS(=O)(=O)c1cc(C(N)=O)ccc1F. The second-order valence-electron chi connectivity index (χ2n) is 2.78. The predicted molar refractivity (Wildman–Crippen MR) is 70.7 cm³/mol. The van der Waals surface area contributed by atoms with Crippen LogP contribution in [0.5, 0.6) is 0 Å². The molecule has 2 N–H and O–H groups in total. The molecule has 0 saturated heterocycles. The summed E-state index contributed by atoms with van der Waals surface area (Å²) >= 11 is 0. The molecule has 0 unspecified atom stereocenters. The van der Waals surface area contributed by atoms with E-state index in [4.69, 9.17) is 5.73 Å². The summed E-state index contributed by atoms with van der Waals surface area (Å²) in [4.78, 5) is 10.2. The van der Waals surface area contributed by atoms with E-state index in [9.17, 15) is 17.6 Å². The molecule has 4 nitrogen and oxygen atoms in total. The number of rotatable bonds is 2. The molecule has 6 heteroatoms. The molecule has 0 fully saturated rings. The number of sulfone groups is 1. The Bertz CT molecular complexity index is 484. The van der Waals surface area contributed by atoms with E-state index in [0.29, 0.717) is 0 Å². The van der Waals surface area contributed by atoms with Crippen molar-refractivity contribution in [3.8, 4) is 0 Å². The maximum Gasteiger partial charge on any atom is 0.248 e. The van der Waals surface area contributed by atoms with E-state index in [1.54, 1.807) is 0 Å². The summed E-state index contributed by atoms with van der Waals surface area (Å²) in [5.74, 6) is -1.69. The summed E-state index contributed by atoms with van der Waals surface area (Å²) in [5.41, 5.74) is 4.88. The van der Waals surface area contributed by atoms with Crippen LogP contribution in [0.15, 0.2) is 23.1 Å². The number of hydrogen-bond donors (Lipinski definition) is 1. The van der Waals surface area contributed by atoms with Gasteiger partial charge in [-0.2, -0.15) is 0 Å². The normalized spacial score (nSPS) is 9.44. The Balaban J connectivity index is 0. The first-order valence-electron chi connectivity index (χ1n) is 5.62. The average molecular weight is 277 g/mol. The molecule has 0 aromatic heterocycles. The van der Waals surface area contributed by atoms with E-state index in [1.165, 1.54) is 0 Å². The van der Waals surface area contributed by atoms with E-state index in [1.807, 2.05) is 27.7 Å². The molecule has 1 aromatic rings. The van der Waals surface area contributed by atoms with Crippen LogP contribution in [0, 0.1) is 5.82 Å². The highest BCUT2D eigenvalue weighted by Gasteiger charge is 2.15. The fraction of sp³-hybridized carbons (Fsp3) is 0.417. The smallest absolute Gasteiger partial charge is 0.248 e. The van der Waals surface area contributed by atoms with Gasteiger partial charge in [0.2, 0.25) is 5.91 Å². The molecule has 0 aliphatic carbocycles. The van der Waals surface area contributed by atoms with Gasteiger partial charge in [-0.05, 0) is 18.2 Å². The van der Waals surface area contributed by atoms with E-state index in [-0.39, 0.29) is 5.56 Å². The van der Waals surface area contributed by atoms with E-state index in [0.717, 1.165) is 24.5 Å². The minimum atomic E-state index is -3.67. The van der Waals surface area contributed by atoms with Crippen molar-refractivity contribution < 1.29 is 17.6 Å². The first-order valence-corrected chi connectivity index (χ1v) is 7.51. The molecule has 0 aliphatic heterocycles. The molecule has 1 aromatic carbocycles. The Morgan fingerprint density at radius 1 is 1.17 bits per heavy atom. The lowest BCUT2D eigenvalue weighted by Crippen LogP contribution is -2.12. The minimum absolute atomic E-state index is 0.0353. The summed E-state index contributed by atoms with van der Waals surface area (Å²) in [6, 6.07) is 2.95. The van der Waals surface area contributed by atoms with Crippen molar-refractivity contribution >= 4 is 15.7 Å². The first-order chi connectivity index (χ1) is 8.32. The second kappa shape index (κ2) is 8.63. The predicted octanol–water partition coefficient (Wildman–Crippen LogP) is 2.38. The second-order valence-corrected chi connectivity index (χ2v) is 4.77. The Morgan fingerprint density at radius 3 is 1.94 bits per heavy atom. The average Bonchev–Trinajstić information content (AvgIpc) is 2.33. The first kappa shape index (κ1) is 18.9. The van der Waals surface area contributed by atoms with Gasteiger partial charge in [0.25, 0.3) is 0 Å². The van der Waals surface area contributed by atoms with Crippen LogP contribution in [0.1, 0.15) is 38.1 Å². The van der Waals surface area contributed by atoms with Crippen molar-refractivity contribution in [2.45, 2.75) is 32.6 Å². The maximum absolute atomic E-state index is 13.0. The van der Waals surface area contributed by atoms with Crippen LogP contribution in [0.25, 0.3) is 0 Å². The van der Waals surface area contributed by atoms with Gasteiger partial charge < -0.3 is 5.73 Å². The number of nitrogens with two attached hydrogens (primary N) is 1. The van der Waals surface area contributed by atoms with Crippen LogP contribution in [0.4, 0.5) is 4.39 Å². The van der Waals surface area contributed by atoms with Crippen LogP contribution in [0.3, 0.4) is 0 Å². The Hall–Kier alpha value is -1.43. The fourth-order valence-corrected chi connectivity index (χ4v) is 1.70. The number of primary amides is 1. The highest BCUT2D eigenvalue weighted by Crippen LogP contribution is 2.15. The van der Waals surface area contributed by atoms with Crippen molar-refractivity contribution in [1.29, 1.82) is 0 Å². The number of halogens is 1. The monoisotopic (exact) mass is 277 g/mol. The van der Waals surface area contributed by atoms with Crippen molar-refractivity contribution in [3.63, 3.8) is 0 Å². The van der Waals surface area contributed by atoms with Crippen molar-refractivity contribution in [1.82, 2.24) is 0 Å². The van der Waals surface area contributed by atoms with Gasteiger partial charge in [-0.1, -0.05) is 27.7 Å². The van der Waals surface area contributed by atoms with Gasteiger partial charge >= 0.3 is 0 Å². The Morgan fingerprint density at radius 2 is 1.61 bits per heavy atom. The Kier molecular flexibility index (Phi) is 9.07. The summed E-state index contributed by atoms with van der Waals surface area (Å²) in [7, 11) is -3.67. The lowest BCUT2D eigenvalue weighted by atomic mass is 10.2. The van der Waals surface area contributed by atoms with Gasteiger partial charge in [-0.15, -0.1) is 0 Å². The van der Waals surface area contributed by atoms with Crippen LogP contribution in [-0.4, -0.2) is 20.6 Å².